The Balaban J connectivity index is 1.53. The summed E-state index contributed by atoms with van der Waals surface area (Å²) in [4.78, 5) is 16.2. The van der Waals surface area contributed by atoms with Gasteiger partial charge >= 0.3 is 0 Å². The summed E-state index contributed by atoms with van der Waals surface area (Å²) in [6, 6.07) is 13.6. The van der Waals surface area contributed by atoms with E-state index < -0.39 is 0 Å². The lowest BCUT2D eigenvalue weighted by Gasteiger charge is -2.32. The van der Waals surface area contributed by atoms with Gasteiger partial charge in [0.2, 0.25) is 5.91 Å². The third-order valence-corrected chi connectivity index (χ3v) is 4.06. The zero-order valence-corrected chi connectivity index (χ0v) is 13.6. The van der Waals surface area contributed by atoms with E-state index in [1.807, 2.05) is 42.5 Å². The van der Waals surface area contributed by atoms with Crippen molar-refractivity contribution in [1.82, 2.24) is 10.3 Å². The highest BCUT2D eigenvalue weighted by Crippen LogP contribution is 2.15. The fourth-order valence-electron chi connectivity index (χ4n) is 2.77. The van der Waals surface area contributed by atoms with Gasteiger partial charge in [0.1, 0.15) is 0 Å². The maximum Gasteiger partial charge on any atom is 0.224 e. The van der Waals surface area contributed by atoms with Crippen molar-refractivity contribution in [2.24, 2.45) is 0 Å². The molecule has 3 rings (SSSR count). The molecule has 1 aromatic carbocycles. The number of benzene rings is 1. The molecule has 1 aliphatic rings. The predicted octanol–water partition coefficient (Wildman–Crippen LogP) is 2.11. The standard InChI is InChI=1S/C19H22N2O3/c22-19(12-15-6-9-20-10-7-15)21-17-14-23-11-8-18(17)24-13-16-4-2-1-3-5-16/h1-7,9-10,17-18H,8,11-14H2,(H,21,22)/t17-,18+/m1/s1. The minimum atomic E-state index is -0.114. The summed E-state index contributed by atoms with van der Waals surface area (Å²) < 4.78 is 11.5. The van der Waals surface area contributed by atoms with E-state index in [4.69, 9.17) is 9.47 Å². The van der Waals surface area contributed by atoms with E-state index in [0.717, 1.165) is 17.5 Å². The van der Waals surface area contributed by atoms with E-state index in [-0.39, 0.29) is 18.1 Å². The molecule has 0 bridgehead atoms. The molecule has 1 N–H and O–H groups in total. The van der Waals surface area contributed by atoms with Crippen LogP contribution in [-0.2, 0) is 27.3 Å². The largest absolute Gasteiger partial charge is 0.379 e. The van der Waals surface area contributed by atoms with Crippen LogP contribution in [0.25, 0.3) is 0 Å². The van der Waals surface area contributed by atoms with Crippen molar-refractivity contribution in [3.8, 4) is 0 Å². The normalized spacial score (nSPS) is 20.5. The van der Waals surface area contributed by atoms with E-state index in [9.17, 15) is 4.79 Å². The Bertz CT molecular complexity index is 634. The van der Waals surface area contributed by atoms with Crippen LogP contribution in [0.15, 0.2) is 54.9 Å². The highest BCUT2D eigenvalue weighted by molar-refractivity contribution is 5.78. The number of ether oxygens (including phenoxy) is 2. The Morgan fingerprint density at radius 2 is 1.96 bits per heavy atom. The first-order valence-corrected chi connectivity index (χ1v) is 8.23. The summed E-state index contributed by atoms with van der Waals surface area (Å²) in [6.07, 6.45) is 4.48. The van der Waals surface area contributed by atoms with Crippen LogP contribution in [0.4, 0.5) is 0 Å². The van der Waals surface area contributed by atoms with Crippen molar-refractivity contribution in [2.75, 3.05) is 13.2 Å². The lowest BCUT2D eigenvalue weighted by molar-refractivity contribution is -0.125. The molecule has 2 aromatic rings. The van der Waals surface area contributed by atoms with Crippen molar-refractivity contribution in [2.45, 2.75) is 31.6 Å². The highest BCUT2D eigenvalue weighted by Gasteiger charge is 2.27. The van der Waals surface area contributed by atoms with Gasteiger partial charge < -0.3 is 14.8 Å². The van der Waals surface area contributed by atoms with Crippen LogP contribution in [0.1, 0.15) is 17.5 Å². The SMILES string of the molecule is O=C(Cc1ccncc1)N[C@@H]1COCC[C@@H]1OCc1ccccc1. The first kappa shape index (κ1) is 16.6. The Hall–Kier alpha value is -2.24. The van der Waals surface area contributed by atoms with Gasteiger partial charge in [-0.05, 0) is 29.7 Å². The first-order chi connectivity index (χ1) is 11.8. The van der Waals surface area contributed by atoms with Gasteiger partial charge in [-0.3, -0.25) is 9.78 Å². The molecule has 0 aliphatic carbocycles. The van der Waals surface area contributed by atoms with E-state index in [1.165, 1.54) is 0 Å². The van der Waals surface area contributed by atoms with Gasteiger partial charge in [-0.1, -0.05) is 30.3 Å². The average Bonchev–Trinajstić information content (AvgIpc) is 2.63. The van der Waals surface area contributed by atoms with Gasteiger partial charge in [0.15, 0.2) is 0 Å². The molecule has 1 saturated heterocycles. The van der Waals surface area contributed by atoms with Crippen LogP contribution in [-0.4, -0.2) is 36.3 Å². The molecule has 0 unspecified atom stereocenters. The molecular formula is C19H22N2O3. The molecule has 2 atom stereocenters. The summed E-state index contributed by atoms with van der Waals surface area (Å²) in [5.74, 6) is -0.0231. The van der Waals surface area contributed by atoms with Crippen molar-refractivity contribution in [1.29, 1.82) is 0 Å². The third-order valence-electron chi connectivity index (χ3n) is 4.06. The second-order valence-corrected chi connectivity index (χ2v) is 5.90. The highest BCUT2D eigenvalue weighted by atomic mass is 16.5. The summed E-state index contributed by atoms with van der Waals surface area (Å²) in [5, 5.41) is 3.04. The number of carbonyl (C=O) groups is 1. The zero-order chi connectivity index (χ0) is 16.6. The average molecular weight is 326 g/mol. The maximum absolute atomic E-state index is 12.3. The minimum Gasteiger partial charge on any atom is -0.379 e. The van der Waals surface area contributed by atoms with Gasteiger partial charge in [0.05, 0.1) is 31.8 Å². The number of nitrogens with zero attached hydrogens (tertiary/aromatic N) is 1. The van der Waals surface area contributed by atoms with Gasteiger partial charge in [0.25, 0.3) is 0 Å². The molecule has 2 heterocycles. The minimum absolute atomic E-state index is 0.0231. The number of pyridine rings is 1. The maximum atomic E-state index is 12.3. The van der Waals surface area contributed by atoms with Crippen LogP contribution >= 0.6 is 0 Å². The van der Waals surface area contributed by atoms with Gasteiger partial charge in [0, 0.05) is 19.0 Å². The number of carbonyl (C=O) groups excluding carboxylic acids is 1. The fourth-order valence-corrected chi connectivity index (χ4v) is 2.77. The van der Waals surface area contributed by atoms with Crippen LogP contribution in [0.5, 0.6) is 0 Å². The quantitative estimate of drug-likeness (QED) is 0.883. The molecule has 0 saturated carbocycles. The van der Waals surface area contributed by atoms with Gasteiger partial charge in [-0.25, -0.2) is 0 Å². The summed E-state index contributed by atoms with van der Waals surface area (Å²) in [6.45, 7) is 1.69. The Labute approximate surface area is 142 Å². The molecule has 1 fully saturated rings. The molecule has 1 amide bonds. The van der Waals surface area contributed by atoms with E-state index >= 15 is 0 Å². The molecule has 0 spiro atoms. The van der Waals surface area contributed by atoms with E-state index in [2.05, 4.69) is 10.3 Å². The third kappa shape index (κ3) is 4.88. The number of hydrogen-bond acceptors (Lipinski definition) is 4. The monoisotopic (exact) mass is 326 g/mol. The van der Waals surface area contributed by atoms with Crippen LogP contribution < -0.4 is 5.32 Å². The smallest absolute Gasteiger partial charge is 0.224 e. The number of nitrogens with one attached hydrogen (secondary N) is 1. The van der Waals surface area contributed by atoms with Crippen molar-refractivity contribution in [3.63, 3.8) is 0 Å². The van der Waals surface area contributed by atoms with Crippen molar-refractivity contribution in [3.05, 3.63) is 66.0 Å². The van der Waals surface area contributed by atoms with E-state index in [1.54, 1.807) is 12.4 Å². The number of aromatic nitrogens is 1. The predicted molar refractivity (Wildman–Crippen MR) is 90.3 cm³/mol. The van der Waals surface area contributed by atoms with E-state index in [0.29, 0.717) is 26.2 Å². The summed E-state index contributed by atoms with van der Waals surface area (Å²) in [7, 11) is 0. The summed E-state index contributed by atoms with van der Waals surface area (Å²) >= 11 is 0. The molecule has 1 aromatic heterocycles. The second kappa shape index (κ2) is 8.57. The summed E-state index contributed by atoms with van der Waals surface area (Å²) in [5.41, 5.74) is 2.08. The molecule has 5 nitrogen and oxygen atoms in total. The van der Waals surface area contributed by atoms with Crippen LogP contribution in [0.3, 0.4) is 0 Å². The molecular weight excluding hydrogens is 304 g/mol. The Kier molecular flexibility index (Phi) is 5.93. The number of rotatable bonds is 6. The Morgan fingerprint density at radius 1 is 1.17 bits per heavy atom. The molecule has 126 valence electrons. The van der Waals surface area contributed by atoms with Crippen molar-refractivity contribution >= 4 is 5.91 Å². The molecule has 24 heavy (non-hydrogen) atoms. The lowest BCUT2D eigenvalue weighted by atomic mass is 10.1. The van der Waals surface area contributed by atoms with Gasteiger partial charge in [-0.15, -0.1) is 0 Å². The second-order valence-electron chi connectivity index (χ2n) is 5.90. The number of hydrogen-bond donors (Lipinski definition) is 1. The first-order valence-electron chi connectivity index (χ1n) is 8.23. The fraction of sp³-hybridized carbons (Fsp3) is 0.368. The topological polar surface area (TPSA) is 60.5 Å². The lowest BCUT2D eigenvalue weighted by Crippen LogP contribution is -2.50. The zero-order valence-electron chi connectivity index (χ0n) is 13.6. The molecule has 1 aliphatic heterocycles. The van der Waals surface area contributed by atoms with Crippen LogP contribution in [0, 0.1) is 0 Å². The molecule has 0 radical (unpaired) electrons. The Morgan fingerprint density at radius 3 is 2.75 bits per heavy atom. The van der Waals surface area contributed by atoms with Crippen molar-refractivity contribution < 1.29 is 14.3 Å². The van der Waals surface area contributed by atoms with Crippen LogP contribution in [0.2, 0.25) is 0 Å². The van der Waals surface area contributed by atoms with Gasteiger partial charge in [-0.2, -0.15) is 0 Å². The number of amides is 1. The molecule has 5 heteroatoms.